The Morgan fingerprint density at radius 2 is 1.96 bits per heavy atom. The molecule has 27 heavy (non-hydrogen) atoms. The van der Waals surface area contributed by atoms with Crippen molar-refractivity contribution in [2.24, 2.45) is 5.73 Å². The number of H-pyrrole nitrogens is 1. The number of carbonyl (C=O) groups is 3. The van der Waals surface area contributed by atoms with E-state index in [2.05, 4.69) is 25.5 Å². The third-order valence-electron chi connectivity index (χ3n) is 3.83. The molecule has 3 aromatic heterocycles. The predicted molar refractivity (Wildman–Crippen MR) is 95.2 cm³/mol. The van der Waals surface area contributed by atoms with Crippen LogP contribution in [-0.2, 0) is 16.0 Å². The molecule has 1 unspecified atom stereocenters. The van der Waals surface area contributed by atoms with Gasteiger partial charge in [-0.2, -0.15) is 5.10 Å². The van der Waals surface area contributed by atoms with Crippen LogP contribution < -0.4 is 11.1 Å². The Morgan fingerprint density at radius 1 is 1.11 bits per heavy atom. The van der Waals surface area contributed by atoms with Gasteiger partial charge in [0.15, 0.2) is 0 Å². The first-order valence-electron chi connectivity index (χ1n) is 8.04. The van der Waals surface area contributed by atoms with Gasteiger partial charge in [-0.25, -0.2) is 0 Å². The second-order valence-electron chi connectivity index (χ2n) is 5.69. The standard InChI is InChI=1S/C18H16N6O3/c19-17(26)16(25)14(8-11-4-3-6-20-9-11)23-18(27)15-12(10-22-24-15)13-5-1-2-7-21-13/h1-7,9-10,14H,8H2,(H2,19,26)(H,22,24)(H,23,27). The van der Waals surface area contributed by atoms with E-state index in [1.165, 1.54) is 6.20 Å². The Kier molecular flexibility index (Phi) is 5.31. The van der Waals surface area contributed by atoms with Crippen molar-refractivity contribution in [3.8, 4) is 11.3 Å². The van der Waals surface area contributed by atoms with Gasteiger partial charge >= 0.3 is 0 Å². The maximum atomic E-state index is 12.7. The number of rotatable bonds is 7. The van der Waals surface area contributed by atoms with Crippen molar-refractivity contribution in [2.75, 3.05) is 0 Å². The van der Waals surface area contributed by atoms with E-state index >= 15 is 0 Å². The molecule has 9 heteroatoms. The molecule has 3 aromatic rings. The zero-order chi connectivity index (χ0) is 19.2. The molecule has 1 atom stereocenters. The minimum absolute atomic E-state index is 0.0778. The molecular formula is C18H16N6O3. The molecule has 3 heterocycles. The normalized spacial score (nSPS) is 11.6. The van der Waals surface area contributed by atoms with Crippen LogP contribution in [0.15, 0.2) is 55.1 Å². The van der Waals surface area contributed by atoms with Gasteiger partial charge in [0.1, 0.15) is 11.7 Å². The SMILES string of the molecule is NC(=O)C(=O)C(Cc1cccnc1)NC(=O)c1[nH]ncc1-c1ccccn1. The number of nitrogens with zero attached hydrogens (tertiary/aromatic N) is 3. The van der Waals surface area contributed by atoms with Gasteiger partial charge in [0.2, 0.25) is 5.78 Å². The highest BCUT2D eigenvalue weighted by Gasteiger charge is 2.27. The lowest BCUT2D eigenvalue weighted by molar-refractivity contribution is -0.137. The number of aromatic amines is 1. The molecule has 0 saturated carbocycles. The Hall–Kier alpha value is -3.88. The summed E-state index contributed by atoms with van der Waals surface area (Å²) >= 11 is 0. The molecule has 0 aromatic carbocycles. The Balaban J connectivity index is 1.84. The van der Waals surface area contributed by atoms with E-state index in [0.29, 0.717) is 16.8 Å². The van der Waals surface area contributed by atoms with Crippen molar-refractivity contribution in [3.05, 3.63) is 66.4 Å². The lowest BCUT2D eigenvalue weighted by atomic mass is 10.0. The van der Waals surface area contributed by atoms with Crippen LogP contribution in [0.1, 0.15) is 16.1 Å². The van der Waals surface area contributed by atoms with E-state index in [4.69, 9.17) is 5.73 Å². The van der Waals surface area contributed by atoms with Gasteiger partial charge in [-0.1, -0.05) is 12.1 Å². The molecule has 0 aliphatic carbocycles. The van der Waals surface area contributed by atoms with Gasteiger partial charge < -0.3 is 11.1 Å². The number of Topliss-reactive ketones (excluding diaryl/α,β-unsaturated/α-hetero) is 1. The summed E-state index contributed by atoms with van der Waals surface area (Å²) in [6.07, 6.45) is 6.25. The summed E-state index contributed by atoms with van der Waals surface area (Å²) in [6.45, 7) is 0. The van der Waals surface area contributed by atoms with Crippen molar-refractivity contribution in [1.29, 1.82) is 0 Å². The number of nitrogens with one attached hydrogen (secondary N) is 2. The average molecular weight is 364 g/mol. The van der Waals surface area contributed by atoms with Crippen LogP contribution in [0.3, 0.4) is 0 Å². The quantitative estimate of drug-likeness (QED) is 0.513. The van der Waals surface area contributed by atoms with Crippen molar-refractivity contribution in [3.63, 3.8) is 0 Å². The topological polar surface area (TPSA) is 144 Å². The third kappa shape index (κ3) is 4.21. The van der Waals surface area contributed by atoms with Crippen LogP contribution in [0.5, 0.6) is 0 Å². The summed E-state index contributed by atoms with van der Waals surface area (Å²) in [4.78, 5) is 44.4. The van der Waals surface area contributed by atoms with Crippen molar-refractivity contribution in [2.45, 2.75) is 12.5 Å². The number of carbonyl (C=O) groups excluding carboxylic acids is 3. The molecule has 9 nitrogen and oxygen atoms in total. The zero-order valence-electron chi connectivity index (χ0n) is 14.1. The molecule has 0 saturated heterocycles. The van der Waals surface area contributed by atoms with Crippen LogP contribution in [-0.4, -0.2) is 43.8 Å². The number of primary amides is 1. The third-order valence-corrected chi connectivity index (χ3v) is 3.83. The van der Waals surface area contributed by atoms with E-state index in [1.807, 2.05) is 0 Å². The fourth-order valence-electron chi connectivity index (χ4n) is 2.54. The molecule has 2 amide bonds. The number of amides is 2. The molecule has 4 N–H and O–H groups in total. The Labute approximate surface area is 154 Å². The summed E-state index contributed by atoms with van der Waals surface area (Å²) in [5.41, 5.74) is 6.94. The molecule has 0 aliphatic rings. The van der Waals surface area contributed by atoms with E-state index in [-0.39, 0.29) is 12.1 Å². The first kappa shape index (κ1) is 17.9. The van der Waals surface area contributed by atoms with Gasteiger partial charge in [0.05, 0.1) is 17.5 Å². The molecule has 136 valence electrons. The average Bonchev–Trinajstić information content (AvgIpc) is 3.18. The summed E-state index contributed by atoms with van der Waals surface area (Å²) in [7, 11) is 0. The number of pyridine rings is 2. The van der Waals surface area contributed by atoms with Gasteiger partial charge in [0.25, 0.3) is 11.8 Å². The number of hydrogen-bond donors (Lipinski definition) is 3. The van der Waals surface area contributed by atoms with Crippen LogP contribution in [0.2, 0.25) is 0 Å². The molecular weight excluding hydrogens is 348 g/mol. The van der Waals surface area contributed by atoms with Gasteiger partial charge in [-0.15, -0.1) is 0 Å². The molecule has 0 aliphatic heterocycles. The minimum Gasteiger partial charge on any atom is -0.363 e. The van der Waals surface area contributed by atoms with Crippen molar-refractivity contribution >= 4 is 17.6 Å². The summed E-state index contributed by atoms with van der Waals surface area (Å²) < 4.78 is 0. The summed E-state index contributed by atoms with van der Waals surface area (Å²) in [5.74, 6) is -2.62. The highest BCUT2D eigenvalue weighted by molar-refractivity contribution is 6.38. The van der Waals surface area contributed by atoms with Crippen LogP contribution in [0.25, 0.3) is 11.3 Å². The highest BCUT2D eigenvalue weighted by Crippen LogP contribution is 2.19. The monoisotopic (exact) mass is 364 g/mol. The lowest BCUT2D eigenvalue weighted by Gasteiger charge is -2.16. The largest absolute Gasteiger partial charge is 0.363 e. The van der Waals surface area contributed by atoms with Crippen LogP contribution in [0.4, 0.5) is 0 Å². The molecule has 0 spiro atoms. The molecule has 0 radical (unpaired) electrons. The molecule has 0 bridgehead atoms. The number of aromatic nitrogens is 4. The second kappa shape index (κ2) is 8.00. The lowest BCUT2D eigenvalue weighted by Crippen LogP contribution is -2.47. The Morgan fingerprint density at radius 3 is 2.63 bits per heavy atom. The fraction of sp³-hybridized carbons (Fsp3) is 0.111. The van der Waals surface area contributed by atoms with E-state index < -0.39 is 23.6 Å². The van der Waals surface area contributed by atoms with Gasteiger partial charge in [0, 0.05) is 25.0 Å². The van der Waals surface area contributed by atoms with Crippen molar-refractivity contribution < 1.29 is 14.4 Å². The second-order valence-corrected chi connectivity index (χ2v) is 5.69. The van der Waals surface area contributed by atoms with E-state index in [9.17, 15) is 14.4 Å². The maximum absolute atomic E-state index is 12.7. The Bertz CT molecular complexity index is 955. The van der Waals surface area contributed by atoms with Crippen LogP contribution >= 0.6 is 0 Å². The minimum atomic E-state index is -1.13. The van der Waals surface area contributed by atoms with Crippen LogP contribution in [0, 0.1) is 0 Å². The smallest absolute Gasteiger partial charge is 0.287 e. The number of hydrogen-bond acceptors (Lipinski definition) is 6. The number of ketones is 1. The molecule has 0 fully saturated rings. The van der Waals surface area contributed by atoms with Gasteiger partial charge in [-0.05, 0) is 23.8 Å². The molecule has 3 rings (SSSR count). The summed E-state index contributed by atoms with van der Waals surface area (Å²) in [6, 6.07) is 7.55. The maximum Gasteiger partial charge on any atom is 0.287 e. The van der Waals surface area contributed by atoms with E-state index in [1.54, 1.807) is 48.9 Å². The summed E-state index contributed by atoms with van der Waals surface area (Å²) in [5, 5.41) is 9.02. The predicted octanol–water partition coefficient (Wildman–Crippen LogP) is 0.262. The first-order valence-corrected chi connectivity index (χ1v) is 8.04. The first-order chi connectivity index (χ1) is 13.1. The van der Waals surface area contributed by atoms with E-state index in [0.717, 1.165) is 0 Å². The fourth-order valence-corrected chi connectivity index (χ4v) is 2.54. The van der Waals surface area contributed by atoms with Gasteiger partial charge in [-0.3, -0.25) is 29.5 Å². The zero-order valence-corrected chi connectivity index (χ0v) is 14.1. The van der Waals surface area contributed by atoms with Crippen molar-refractivity contribution in [1.82, 2.24) is 25.5 Å². The highest BCUT2D eigenvalue weighted by atomic mass is 16.2. The number of nitrogens with two attached hydrogens (primary N) is 1.